The fraction of sp³-hybridized carbons (Fsp3) is 0.429. The minimum atomic E-state index is -0.618. The summed E-state index contributed by atoms with van der Waals surface area (Å²) in [5.41, 5.74) is 1.53. The molecule has 1 aliphatic rings. The van der Waals surface area contributed by atoms with Crippen molar-refractivity contribution in [2.24, 2.45) is 0 Å². The third-order valence-corrected chi connectivity index (χ3v) is 5.16. The lowest BCUT2D eigenvalue weighted by Gasteiger charge is -2.46. The lowest BCUT2D eigenvalue weighted by atomic mass is 9.80. The number of halogens is 2. The molecule has 5 nitrogen and oxygen atoms in total. The van der Waals surface area contributed by atoms with E-state index in [0.29, 0.717) is 22.6 Å². The quantitative estimate of drug-likeness (QED) is 0.615. The van der Waals surface area contributed by atoms with Gasteiger partial charge in [0.25, 0.3) is 0 Å². The number of anilines is 1. The van der Waals surface area contributed by atoms with Gasteiger partial charge in [0.05, 0.1) is 11.2 Å². The summed E-state index contributed by atoms with van der Waals surface area (Å²) in [4.78, 5) is 11.8. The third kappa shape index (κ3) is 3.71. The molecule has 0 unspecified atom stereocenters. The zero-order valence-corrected chi connectivity index (χ0v) is 16.5. The lowest BCUT2D eigenvalue weighted by Crippen LogP contribution is -2.60. The van der Waals surface area contributed by atoms with Crippen LogP contribution in [0.15, 0.2) is 30.6 Å². The molecule has 0 aliphatic carbocycles. The molecule has 0 spiro atoms. The average molecular weight is 385 g/mol. The van der Waals surface area contributed by atoms with Crippen LogP contribution < -0.4 is 10.6 Å². The van der Waals surface area contributed by atoms with Crippen LogP contribution in [0.2, 0.25) is 0 Å². The number of fused-ring (bicyclic) bond motifs is 1. The fourth-order valence-corrected chi connectivity index (χ4v) is 4.55. The Morgan fingerprint density at radius 1 is 1.11 bits per heavy atom. The number of aromatic amines is 1. The number of benzene rings is 1. The van der Waals surface area contributed by atoms with Crippen LogP contribution in [-0.4, -0.2) is 32.1 Å². The molecular formula is C21H25F2N5. The molecule has 3 N–H and O–H groups in total. The predicted molar refractivity (Wildman–Crippen MR) is 107 cm³/mol. The first-order valence-electron chi connectivity index (χ1n) is 9.47. The topological polar surface area (TPSA) is 65.6 Å². The summed E-state index contributed by atoms with van der Waals surface area (Å²) in [6.45, 7) is 8.76. The Morgan fingerprint density at radius 3 is 2.54 bits per heavy atom. The standard InChI is InChI=1S/C21H25F2N5/c1-20(2)9-13(10-21(3,4)28-20)26-19-24-6-5-17(27-19)15-11-25-18-14(15)7-12(22)8-16(18)23/h5-8,11,13,25,28H,9-10H2,1-4H3,(H,24,26,27). The molecule has 1 fully saturated rings. The Morgan fingerprint density at radius 2 is 1.82 bits per heavy atom. The molecule has 0 radical (unpaired) electrons. The summed E-state index contributed by atoms with van der Waals surface area (Å²) in [5.74, 6) is -0.715. The summed E-state index contributed by atoms with van der Waals surface area (Å²) >= 11 is 0. The van der Waals surface area contributed by atoms with Crippen molar-refractivity contribution in [2.75, 3.05) is 5.32 Å². The van der Waals surface area contributed by atoms with Gasteiger partial charge < -0.3 is 15.6 Å². The Hall–Kier alpha value is -2.54. The van der Waals surface area contributed by atoms with Crippen molar-refractivity contribution in [3.8, 4) is 11.3 Å². The summed E-state index contributed by atoms with van der Waals surface area (Å²) in [5, 5.41) is 7.57. The van der Waals surface area contributed by atoms with Gasteiger partial charge in [0.1, 0.15) is 11.6 Å². The second kappa shape index (κ2) is 6.51. The van der Waals surface area contributed by atoms with Gasteiger partial charge in [-0.25, -0.2) is 18.7 Å². The zero-order chi connectivity index (χ0) is 20.1. The van der Waals surface area contributed by atoms with Crippen molar-refractivity contribution in [2.45, 2.75) is 57.7 Å². The molecule has 3 aromatic rings. The van der Waals surface area contributed by atoms with Crippen molar-refractivity contribution in [3.63, 3.8) is 0 Å². The van der Waals surface area contributed by atoms with Gasteiger partial charge in [0.2, 0.25) is 5.95 Å². The number of hydrogen-bond donors (Lipinski definition) is 3. The predicted octanol–water partition coefficient (Wildman–Crippen LogP) is 4.62. The minimum Gasteiger partial charge on any atom is -0.358 e. The van der Waals surface area contributed by atoms with Gasteiger partial charge in [0, 0.05) is 46.5 Å². The number of hydrogen-bond acceptors (Lipinski definition) is 4. The van der Waals surface area contributed by atoms with Crippen molar-refractivity contribution in [1.29, 1.82) is 0 Å². The normalized spacial score (nSPS) is 19.1. The summed E-state index contributed by atoms with van der Waals surface area (Å²) in [6.07, 6.45) is 5.19. The van der Waals surface area contributed by atoms with Crippen LogP contribution in [0.4, 0.5) is 14.7 Å². The molecule has 7 heteroatoms. The van der Waals surface area contributed by atoms with E-state index in [1.165, 1.54) is 6.07 Å². The molecule has 1 aromatic carbocycles. The molecule has 0 bridgehead atoms. The van der Waals surface area contributed by atoms with E-state index >= 15 is 0 Å². The molecular weight excluding hydrogens is 360 g/mol. The second-order valence-corrected chi connectivity index (χ2v) is 8.92. The highest BCUT2D eigenvalue weighted by Gasteiger charge is 2.37. The van der Waals surface area contributed by atoms with Gasteiger partial charge in [-0.1, -0.05) is 0 Å². The van der Waals surface area contributed by atoms with Gasteiger partial charge in [-0.15, -0.1) is 0 Å². The van der Waals surface area contributed by atoms with E-state index in [-0.39, 0.29) is 22.6 Å². The maximum atomic E-state index is 14.0. The van der Waals surface area contributed by atoms with Crippen LogP contribution in [0.5, 0.6) is 0 Å². The van der Waals surface area contributed by atoms with Crippen molar-refractivity contribution < 1.29 is 8.78 Å². The van der Waals surface area contributed by atoms with Gasteiger partial charge in [-0.05, 0) is 52.7 Å². The van der Waals surface area contributed by atoms with E-state index in [9.17, 15) is 8.78 Å². The SMILES string of the molecule is CC1(C)CC(Nc2nccc(-c3c[nH]c4c(F)cc(F)cc34)n2)CC(C)(C)N1. The molecule has 0 amide bonds. The molecule has 3 heterocycles. The Kier molecular flexibility index (Phi) is 4.38. The molecule has 2 aromatic heterocycles. The Bertz CT molecular complexity index is 1010. The molecule has 1 aliphatic heterocycles. The van der Waals surface area contributed by atoms with Gasteiger partial charge >= 0.3 is 0 Å². The van der Waals surface area contributed by atoms with Crippen molar-refractivity contribution >= 4 is 16.9 Å². The molecule has 0 saturated carbocycles. The fourth-order valence-electron chi connectivity index (χ4n) is 4.55. The molecule has 148 valence electrons. The second-order valence-electron chi connectivity index (χ2n) is 8.92. The van der Waals surface area contributed by atoms with Crippen LogP contribution in [0.25, 0.3) is 22.2 Å². The number of piperidine rings is 1. The summed E-state index contributed by atoms with van der Waals surface area (Å²) in [6, 6.07) is 4.15. The lowest BCUT2D eigenvalue weighted by molar-refractivity contribution is 0.170. The van der Waals surface area contributed by atoms with E-state index in [1.54, 1.807) is 18.5 Å². The number of H-pyrrole nitrogens is 1. The van der Waals surface area contributed by atoms with E-state index in [2.05, 4.69) is 53.3 Å². The Balaban J connectivity index is 1.64. The first kappa shape index (κ1) is 18.8. The molecule has 1 saturated heterocycles. The highest BCUT2D eigenvalue weighted by atomic mass is 19.1. The number of nitrogens with one attached hydrogen (secondary N) is 3. The smallest absolute Gasteiger partial charge is 0.223 e. The molecule has 4 rings (SSSR count). The minimum absolute atomic E-state index is 0.00290. The van der Waals surface area contributed by atoms with Crippen LogP contribution >= 0.6 is 0 Å². The number of aromatic nitrogens is 3. The first-order valence-corrected chi connectivity index (χ1v) is 9.47. The number of rotatable bonds is 3. The van der Waals surface area contributed by atoms with Crippen LogP contribution in [0.1, 0.15) is 40.5 Å². The van der Waals surface area contributed by atoms with Crippen molar-refractivity contribution in [1.82, 2.24) is 20.3 Å². The highest BCUT2D eigenvalue weighted by molar-refractivity contribution is 5.95. The Labute approximate surface area is 163 Å². The van der Waals surface area contributed by atoms with Gasteiger partial charge in [0.15, 0.2) is 0 Å². The van der Waals surface area contributed by atoms with E-state index in [1.807, 2.05) is 0 Å². The van der Waals surface area contributed by atoms with E-state index < -0.39 is 11.6 Å². The van der Waals surface area contributed by atoms with E-state index in [0.717, 1.165) is 18.9 Å². The third-order valence-electron chi connectivity index (χ3n) is 5.16. The van der Waals surface area contributed by atoms with Crippen molar-refractivity contribution in [3.05, 3.63) is 42.2 Å². The maximum Gasteiger partial charge on any atom is 0.223 e. The average Bonchev–Trinajstić information content (AvgIpc) is 2.96. The van der Waals surface area contributed by atoms with Crippen LogP contribution in [0, 0.1) is 11.6 Å². The monoisotopic (exact) mass is 385 g/mol. The summed E-state index contributed by atoms with van der Waals surface area (Å²) in [7, 11) is 0. The molecule has 0 atom stereocenters. The maximum absolute atomic E-state index is 14.0. The number of nitrogens with zero attached hydrogens (tertiary/aromatic N) is 2. The first-order chi connectivity index (χ1) is 13.1. The largest absolute Gasteiger partial charge is 0.358 e. The van der Waals surface area contributed by atoms with E-state index in [4.69, 9.17) is 0 Å². The summed E-state index contributed by atoms with van der Waals surface area (Å²) < 4.78 is 27.7. The molecule has 28 heavy (non-hydrogen) atoms. The highest BCUT2D eigenvalue weighted by Crippen LogP contribution is 2.32. The van der Waals surface area contributed by atoms with Gasteiger partial charge in [-0.2, -0.15) is 0 Å². The zero-order valence-electron chi connectivity index (χ0n) is 16.5. The van der Waals surface area contributed by atoms with Gasteiger partial charge in [-0.3, -0.25) is 0 Å². The van der Waals surface area contributed by atoms with Crippen LogP contribution in [-0.2, 0) is 0 Å². The van der Waals surface area contributed by atoms with Crippen LogP contribution in [0.3, 0.4) is 0 Å².